The Morgan fingerprint density at radius 3 is 2.96 bits per heavy atom. The van der Waals surface area contributed by atoms with E-state index in [1.807, 2.05) is 32.2 Å². The van der Waals surface area contributed by atoms with Gasteiger partial charge in [0.05, 0.1) is 16.3 Å². The van der Waals surface area contributed by atoms with Crippen molar-refractivity contribution in [3.8, 4) is 0 Å². The molecule has 2 aromatic carbocycles. The summed E-state index contributed by atoms with van der Waals surface area (Å²) in [7, 11) is 3.96. The number of aromatic nitrogens is 1. The Balaban J connectivity index is 1.40. The number of thiazole rings is 1. The molecule has 0 saturated carbocycles. The van der Waals surface area contributed by atoms with Gasteiger partial charge in [-0.15, -0.1) is 11.3 Å². The van der Waals surface area contributed by atoms with Crippen molar-refractivity contribution in [1.29, 1.82) is 0 Å². The molecule has 28 heavy (non-hydrogen) atoms. The second-order valence-corrected chi connectivity index (χ2v) is 8.52. The smallest absolute Gasteiger partial charge is 0.317 e. The molecule has 1 N–H and O–H groups in total. The molecule has 0 radical (unpaired) electrons. The standard InChI is InChI=1S/C22H26N4OS/c1-15(21-24-18-8-4-5-9-20(18)28-21)26(3)22(27)23-14-16-10-11-19-17(13-16)7-6-12-25(19)2/h4-5,8-11,13,15H,6-7,12,14H2,1-3H3,(H,23,27). The lowest BCUT2D eigenvalue weighted by molar-refractivity contribution is 0.194. The summed E-state index contributed by atoms with van der Waals surface area (Å²) in [5.41, 5.74) is 4.81. The molecule has 1 aromatic heterocycles. The Hall–Kier alpha value is -2.60. The Morgan fingerprint density at radius 1 is 1.32 bits per heavy atom. The molecule has 0 saturated heterocycles. The summed E-state index contributed by atoms with van der Waals surface area (Å²) in [6.07, 6.45) is 2.29. The second kappa shape index (κ2) is 7.80. The van der Waals surface area contributed by atoms with E-state index >= 15 is 0 Å². The number of nitrogens with one attached hydrogen (secondary N) is 1. The number of carbonyl (C=O) groups excluding carboxylic acids is 1. The number of benzene rings is 2. The highest BCUT2D eigenvalue weighted by Gasteiger charge is 2.21. The van der Waals surface area contributed by atoms with Crippen LogP contribution in [0, 0.1) is 0 Å². The van der Waals surface area contributed by atoms with Crippen LogP contribution in [0.4, 0.5) is 10.5 Å². The molecule has 6 heteroatoms. The first-order valence-electron chi connectivity index (χ1n) is 9.72. The minimum absolute atomic E-state index is 0.0745. The molecular formula is C22H26N4OS. The highest BCUT2D eigenvalue weighted by Crippen LogP contribution is 2.29. The molecule has 4 rings (SSSR count). The highest BCUT2D eigenvalue weighted by molar-refractivity contribution is 7.18. The number of amides is 2. The third kappa shape index (κ3) is 3.69. The SMILES string of the molecule is CC(c1nc2ccccc2s1)N(C)C(=O)NCc1ccc2c(c1)CCCN2C. The molecule has 2 amide bonds. The fraction of sp³-hybridized carbons (Fsp3) is 0.364. The van der Waals surface area contributed by atoms with E-state index in [2.05, 4.69) is 46.5 Å². The van der Waals surface area contributed by atoms with Crippen molar-refractivity contribution in [3.63, 3.8) is 0 Å². The van der Waals surface area contributed by atoms with Crippen LogP contribution in [0.3, 0.4) is 0 Å². The maximum Gasteiger partial charge on any atom is 0.317 e. The van der Waals surface area contributed by atoms with Crippen LogP contribution in [0.25, 0.3) is 10.2 Å². The first kappa shape index (κ1) is 18.7. The van der Waals surface area contributed by atoms with Gasteiger partial charge in [0, 0.05) is 32.9 Å². The lowest BCUT2D eigenvalue weighted by Crippen LogP contribution is -2.38. The van der Waals surface area contributed by atoms with E-state index in [0.717, 1.165) is 33.8 Å². The van der Waals surface area contributed by atoms with Gasteiger partial charge in [-0.25, -0.2) is 9.78 Å². The highest BCUT2D eigenvalue weighted by atomic mass is 32.1. The number of hydrogen-bond acceptors (Lipinski definition) is 4. The van der Waals surface area contributed by atoms with Crippen molar-refractivity contribution < 1.29 is 4.79 Å². The van der Waals surface area contributed by atoms with Crippen molar-refractivity contribution in [2.45, 2.75) is 32.4 Å². The minimum Gasteiger partial charge on any atom is -0.374 e. The maximum atomic E-state index is 12.7. The number of rotatable bonds is 4. The summed E-state index contributed by atoms with van der Waals surface area (Å²) in [5, 5.41) is 4.01. The molecule has 1 unspecified atom stereocenters. The molecule has 5 nitrogen and oxygen atoms in total. The average Bonchev–Trinajstić information content (AvgIpc) is 3.15. The maximum absolute atomic E-state index is 12.7. The lowest BCUT2D eigenvalue weighted by Gasteiger charge is -2.28. The van der Waals surface area contributed by atoms with Crippen LogP contribution in [0.5, 0.6) is 0 Å². The number of urea groups is 1. The van der Waals surface area contributed by atoms with E-state index in [1.54, 1.807) is 16.2 Å². The van der Waals surface area contributed by atoms with Gasteiger partial charge in [0.25, 0.3) is 0 Å². The van der Waals surface area contributed by atoms with Gasteiger partial charge in [-0.05, 0) is 49.1 Å². The van der Waals surface area contributed by atoms with Gasteiger partial charge in [0.15, 0.2) is 0 Å². The Labute approximate surface area is 170 Å². The summed E-state index contributed by atoms with van der Waals surface area (Å²) in [6, 6.07) is 14.4. The molecule has 0 spiro atoms. The number of aryl methyl sites for hydroxylation is 1. The summed E-state index contributed by atoms with van der Waals surface area (Å²) in [6.45, 7) is 3.66. The first-order valence-corrected chi connectivity index (χ1v) is 10.5. The van der Waals surface area contributed by atoms with Gasteiger partial charge >= 0.3 is 6.03 Å². The third-order valence-corrected chi connectivity index (χ3v) is 6.71. The molecule has 3 aromatic rings. The predicted octanol–water partition coefficient (Wildman–Crippen LogP) is 4.58. The zero-order valence-corrected chi connectivity index (χ0v) is 17.4. The molecule has 2 heterocycles. The van der Waals surface area contributed by atoms with Crippen molar-refractivity contribution in [1.82, 2.24) is 15.2 Å². The largest absolute Gasteiger partial charge is 0.374 e. The van der Waals surface area contributed by atoms with Gasteiger partial charge in [-0.1, -0.05) is 24.3 Å². The number of nitrogens with zero attached hydrogens (tertiary/aromatic N) is 3. The Bertz CT molecular complexity index is 966. The van der Waals surface area contributed by atoms with Crippen LogP contribution in [0.1, 0.15) is 35.5 Å². The number of hydrogen-bond donors (Lipinski definition) is 1. The predicted molar refractivity (Wildman–Crippen MR) is 116 cm³/mol. The van der Waals surface area contributed by atoms with Crippen LogP contribution >= 0.6 is 11.3 Å². The lowest BCUT2D eigenvalue weighted by atomic mass is 9.99. The minimum atomic E-state index is -0.0819. The summed E-state index contributed by atoms with van der Waals surface area (Å²) >= 11 is 1.64. The molecule has 0 aliphatic carbocycles. The number of carbonyl (C=O) groups is 1. The molecular weight excluding hydrogens is 368 g/mol. The van der Waals surface area contributed by atoms with Gasteiger partial charge in [-0.3, -0.25) is 0 Å². The van der Waals surface area contributed by atoms with Gasteiger partial charge < -0.3 is 15.1 Å². The van der Waals surface area contributed by atoms with Crippen LogP contribution in [-0.4, -0.2) is 36.6 Å². The fourth-order valence-electron chi connectivity index (χ4n) is 3.66. The summed E-state index contributed by atoms with van der Waals surface area (Å²) < 4.78 is 1.15. The second-order valence-electron chi connectivity index (χ2n) is 7.45. The van der Waals surface area contributed by atoms with Crippen LogP contribution < -0.4 is 10.2 Å². The van der Waals surface area contributed by atoms with E-state index in [0.29, 0.717) is 6.54 Å². The monoisotopic (exact) mass is 394 g/mol. The van der Waals surface area contributed by atoms with E-state index in [9.17, 15) is 4.79 Å². The average molecular weight is 395 g/mol. The normalized spacial score (nSPS) is 14.6. The topological polar surface area (TPSA) is 48.5 Å². The van der Waals surface area contributed by atoms with Gasteiger partial charge in [0.1, 0.15) is 5.01 Å². The van der Waals surface area contributed by atoms with E-state index in [-0.39, 0.29) is 12.1 Å². The zero-order valence-electron chi connectivity index (χ0n) is 16.6. The van der Waals surface area contributed by atoms with Gasteiger partial charge in [0.2, 0.25) is 0 Å². The van der Waals surface area contributed by atoms with E-state index in [4.69, 9.17) is 0 Å². The van der Waals surface area contributed by atoms with E-state index < -0.39 is 0 Å². The zero-order chi connectivity index (χ0) is 19.7. The van der Waals surface area contributed by atoms with Crippen molar-refractivity contribution >= 4 is 33.3 Å². The molecule has 1 aliphatic heterocycles. The third-order valence-electron chi connectivity index (χ3n) is 5.51. The number of para-hydroxylation sites is 1. The van der Waals surface area contributed by atoms with Crippen LogP contribution in [0.2, 0.25) is 0 Å². The van der Waals surface area contributed by atoms with Crippen molar-refractivity contribution in [2.75, 3.05) is 25.5 Å². The Morgan fingerprint density at radius 2 is 2.14 bits per heavy atom. The molecule has 1 aliphatic rings. The fourth-order valence-corrected chi connectivity index (χ4v) is 4.72. The van der Waals surface area contributed by atoms with Crippen LogP contribution in [-0.2, 0) is 13.0 Å². The molecule has 1 atom stereocenters. The molecule has 0 fully saturated rings. The summed E-state index contributed by atoms with van der Waals surface area (Å²) in [5.74, 6) is 0. The van der Waals surface area contributed by atoms with Crippen LogP contribution in [0.15, 0.2) is 42.5 Å². The Kier molecular flexibility index (Phi) is 5.22. The molecule has 0 bridgehead atoms. The van der Waals surface area contributed by atoms with Crippen molar-refractivity contribution in [3.05, 3.63) is 58.6 Å². The van der Waals surface area contributed by atoms with Gasteiger partial charge in [-0.2, -0.15) is 0 Å². The van der Waals surface area contributed by atoms with Crippen molar-refractivity contribution in [2.24, 2.45) is 0 Å². The number of fused-ring (bicyclic) bond motifs is 2. The summed E-state index contributed by atoms with van der Waals surface area (Å²) in [4.78, 5) is 21.4. The van der Waals surface area contributed by atoms with E-state index in [1.165, 1.54) is 17.7 Å². The quantitative estimate of drug-likeness (QED) is 0.705. The molecule has 146 valence electrons. The first-order chi connectivity index (χ1) is 13.5. The number of anilines is 1.